The molecule has 33 heavy (non-hydrogen) atoms. The highest BCUT2D eigenvalue weighted by Crippen LogP contribution is 2.25. The Morgan fingerprint density at radius 3 is 2.55 bits per heavy atom. The Balaban J connectivity index is 0.000000214. The average Bonchev–Trinajstić information content (AvgIpc) is 3.40. The molecule has 0 unspecified atom stereocenters. The molecule has 172 valence electrons. The van der Waals surface area contributed by atoms with Crippen molar-refractivity contribution in [3.05, 3.63) is 41.9 Å². The van der Waals surface area contributed by atoms with Crippen LogP contribution in [0.4, 0.5) is 17.5 Å². The molecule has 2 aliphatic rings. The van der Waals surface area contributed by atoms with Crippen molar-refractivity contribution < 1.29 is 0 Å². The Kier molecular flexibility index (Phi) is 7.42. The fourth-order valence-corrected chi connectivity index (χ4v) is 4.43. The summed E-state index contributed by atoms with van der Waals surface area (Å²) in [5, 5.41) is 26.2. The van der Waals surface area contributed by atoms with E-state index in [9.17, 15) is 0 Å². The molecule has 2 fully saturated rings. The number of hydrogen-bond acceptors (Lipinski definition) is 9. The van der Waals surface area contributed by atoms with Gasteiger partial charge in [-0.25, -0.2) is 9.67 Å². The standard InChI is InChI=1S/C14H13N9.C9H17N/c1-9-3-4-11(5-12(9)23-8-18-21-22-23)19-14-17-7-10(6-15)13(16-2)20-14;1-3-7-10-8-4-2-6-9(10)5-1/h3-5,7-8H,1-2H3,(H2,16,17,19,20);9H,1-8H2. The SMILES string of the molecule is C1CCN2CCCCC2C1.CNc1nc(Nc2ccc(C)c(-n3cnnn3)c2)ncc1C#N. The first kappa shape index (κ1) is 22.6. The van der Waals surface area contributed by atoms with Crippen LogP contribution in [0, 0.1) is 18.3 Å². The molecule has 0 atom stereocenters. The van der Waals surface area contributed by atoms with Crippen molar-refractivity contribution in [2.24, 2.45) is 0 Å². The largest absolute Gasteiger partial charge is 0.372 e. The van der Waals surface area contributed by atoms with Gasteiger partial charge in [0.2, 0.25) is 5.95 Å². The van der Waals surface area contributed by atoms with Gasteiger partial charge >= 0.3 is 0 Å². The van der Waals surface area contributed by atoms with Crippen molar-refractivity contribution in [1.82, 2.24) is 35.1 Å². The number of nitrogens with one attached hydrogen (secondary N) is 2. The highest BCUT2D eigenvalue weighted by atomic mass is 15.5. The van der Waals surface area contributed by atoms with Crippen LogP contribution in [-0.2, 0) is 0 Å². The van der Waals surface area contributed by atoms with E-state index in [-0.39, 0.29) is 0 Å². The molecule has 0 aliphatic carbocycles. The maximum Gasteiger partial charge on any atom is 0.229 e. The van der Waals surface area contributed by atoms with E-state index in [2.05, 4.69) is 41.0 Å². The van der Waals surface area contributed by atoms with E-state index in [1.807, 2.05) is 31.2 Å². The third-order valence-electron chi connectivity index (χ3n) is 6.19. The van der Waals surface area contributed by atoms with Crippen LogP contribution < -0.4 is 10.6 Å². The summed E-state index contributed by atoms with van der Waals surface area (Å²) < 4.78 is 1.58. The van der Waals surface area contributed by atoms with Crippen molar-refractivity contribution in [3.63, 3.8) is 0 Å². The van der Waals surface area contributed by atoms with Crippen LogP contribution in [0.25, 0.3) is 5.69 Å². The van der Waals surface area contributed by atoms with E-state index in [0.29, 0.717) is 17.3 Å². The molecule has 10 heteroatoms. The van der Waals surface area contributed by atoms with Crippen molar-refractivity contribution in [3.8, 4) is 11.8 Å². The molecule has 2 aliphatic heterocycles. The molecule has 0 bridgehead atoms. The highest BCUT2D eigenvalue weighted by molar-refractivity contribution is 5.61. The van der Waals surface area contributed by atoms with E-state index >= 15 is 0 Å². The van der Waals surface area contributed by atoms with Gasteiger partial charge < -0.3 is 15.5 Å². The van der Waals surface area contributed by atoms with Crippen LogP contribution in [-0.4, -0.2) is 61.3 Å². The highest BCUT2D eigenvalue weighted by Gasteiger charge is 2.24. The van der Waals surface area contributed by atoms with Crippen LogP contribution in [0.5, 0.6) is 0 Å². The number of aromatic nitrogens is 6. The number of nitriles is 1. The topological polar surface area (TPSA) is 120 Å². The fraction of sp³-hybridized carbons (Fsp3) is 0.478. The minimum Gasteiger partial charge on any atom is -0.372 e. The number of tetrazole rings is 1. The fourth-order valence-electron chi connectivity index (χ4n) is 4.43. The lowest BCUT2D eigenvalue weighted by Crippen LogP contribution is -2.42. The number of fused-ring (bicyclic) bond motifs is 1. The maximum atomic E-state index is 8.99. The van der Waals surface area contributed by atoms with Crippen LogP contribution in [0.1, 0.15) is 49.7 Å². The zero-order valence-electron chi connectivity index (χ0n) is 19.2. The molecule has 4 heterocycles. The lowest BCUT2D eigenvalue weighted by atomic mass is 9.93. The van der Waals surface area contributed by atoms with E-state index in [4.69, 9.17) is 5.26 Å². The number of aryl methyl sites for hydroxylation is 1. The van der Waals surface area contributed by atoms with Crippen molar-refractivity contribution >= 4 is 17.5 Å². The second-order valence-electron chi connectivity index (χ2n) is 8.38. The van der Waals surface area contributed by atoms with Gasteiger partial charge in [-0.15, -0.1) is 5.10 Å². The Morgan fingerprint density at radius 1 is 1.12 bits per heavy atom. The monoisotopic (exact) mass is 446 g/mol. The lowest BCUT2D eigenvalue weighted by molar-refractivity contribution is 0.109. The van der Waals surface area contributed by atoms with Gasteiger partial charge in [-0.2, -0.15) is 10.2 Å². The smallest absolute Gasteiger partial charge is 0.229 e. The first-order valence-electron chi connectivity index (χ1n) is 11.5. The number of anilines is 3. The van der Waals surface area contributed by atoms with Crippen molar-refractivity contribution in [2.45, 2.75) is 51.5 Å². The van der Waals surface area contributed by atoms with E-state index in [1.165, 1.54) is 64.1 Å². The summed E-state index contributed by atoms with van der Waals surface area (Å²) in [4.78, 5) is 11.1. The summed E-state index contributed by atoms with van der Waals surface area (Å²) in [5.41, 5.74) is 3.05. The van der Waals surface area contributed by atoms with Crippen LogP contribution >= 0.6 is 0 Å². The summed E-state index contributed by atoms with van der Waals surface area (Å²) in [6, 6.07) is 8.77. The van der Waals surface area contributed by atoms with Gasteiger partial charge in [0.25, 0.3) is 0 Å². The minimum atomic E-state index is 0.385. The zero-order valence-corrected chi connectivity index (χ0v) is 19.2. The molecule has 3 aromatic rings. The first-order valence-corrected chi connectivity index (χ1v) is 11.5. The van der Waals surface area contributed by atoms with Crippen LogP contribution in [0.15, 0.2) is 30.7 Å². The summed E-state index contributed by atoms with van der Waals surface area (Å²) in [6.07, 6.45) is 11.9. The van der Waals surface area contributed by atoms with Gasteiger partial charge in [-0.05, 0) is 73.8 Å². The van der Waals surface area contributed by atoms with Crippen LogP contribution in [0.3, 0.4) is 0 Å². The number of benzene rings is 1. The molecule has 0 amide bonds. The Morgan fingerprint density at radius 2 is 1.91 bits per heavy atom. The molecule has 5 rings (SSSR count). The summed E-state index contributed by atoms with van der Waals surface area (Å²) in [6.45, 7) is 4.76. The maximum absolute atomic E-state index is 8.99. The van der Waals surface area contributed by atoms with E-state index in [1.54, 1.807) is 11.7 Å². The normalized spacial score (nSPS) is 16.2. The molecule has 0 saturated carbocycles. The third-order valence-corrected chi connectivity index (χ3v) is 6.19. The second kappa shape index (κ2) is 10.8. The molecule has 0 radical (unpaired) electrons. The van der Waals surface area contributed by atoms with Gasteiger partial charge in [0.15, 0.2) is 0 Å². The van der Waals surface area contributed by atoms with Crippen molar-refractivity contribution in [1.29, 1.82) is 5.26 Å². The Labute approximate surface area is 194 Å². The first-order chi connectivity index (χ1) is 16.2. The summed E-state index contributed by atoms with van der Waals surface area (Å²) in [7, 11) is 1.70. The number of nitrogens with zero attached hydrogens (tertiary/aromatic N) is 8. The Hall–Kier alpha value is -3.58. The predicted molar refractivity (Wildman–Crippen MR) is 127 cm³/mol. The molecule has 2 aromatic heterocycles. The van der Waals surface area contributed by atoms with E-state index < -0.39 is 0 Å². The number of piperidine rings is 2. The quantitative estimate of drug-likeness (QED) is 0.621. The molecular formula is C23H30N10. The Bertz CT molecular complexity index is 1060. The minimum absolute atomic E-state index is 0.385. The molecular weight excluding hydrogens is 416 g/mol. The third kappa shape index (κ3) is 5.62. The van der Waals surface area contributed by atoms with Gasteiger partial charge in [-0.1, -0.05) is 18.9 Å². The molecule has 10 nitrogen and oxygen atoms in total. The molecule has 0 spiro atoms. The number of hydrogen-bond donors (Lipinski definition) is 2. The van der Waals surface area contributed by atoms with Gasteiger partial charge in [-0.3, -0.25) is 0 Å². The van der Waals surface area contributed by atoms with Crippen molar-refractivity contribution in [2.75, 3.05) is 30.8 Å². The zero-order chi connectivity index (χ0) is 23.0. The predicted octanol–water partition coefficient (Wildman–Crippen LogP) is 3.44. The molecule has 1 aromatic carbocycles. The van der Waals surface area contributed by atoms with Gasteiger partial charge in [0.05, 0.1) is 11.9 Å². The molecule has 2 N–H and O–H groups in total. The second-order valence-corrected chi connectivity index (χ2v) is 8.38. The average molecular weight is 447 g/mol. The number of rotatable bonds is 4. The van der Waals surface area contributed by atoms with E-state index in [0.717, 1.165) is 23.0 Å². The van der Waals surface area contributed by atoms with Gasteiger partial charge in [0, 0.05) is 18.8 Å². The van der Waals surface area contributed by atoms with Crippen LogP contribution in [0.2, 0.25) is 0 Å². The molecule has 2 saturated heterocycles. The summed E-state index contributed by atoms with van der Waals surface area (Å²) >= 11 is 0. The lowest BCUT2D eigenvalue weighted by Gasteiger charge is -2.39. The summed E-state index contributed by atoms with van der Waals surface area (Å²) in [5.74, 6) is 0.859. The van der Waals surface area contributed by atoms with Gasteiger partial charge in [0.1, 0.15) is 23.8 Å².